The van der Waals surface area contributed by atoms with Gasteiger partial charge in [-0.25, -0.2) is 8.78 Å². The molecular weight excluding hydrogens is 162 g/mol. The maximum absolute atomic E-state index is 12.7. The molecule has 1 aromatic carbocycles. The number of hydrogen-bond acceptors (Lipinski definition) is 1. The summed E-state index contributed by atoms with van der Waals surface area (Å²) in [6.45, 7) is 0. The van der Waals surface area contributed by atoms with E-state index in [1.165, 1.54) is 0 Å². The SMILES string of the molecule is C#CC(=O)c1cc(F)ccc1F. The summed E-state index contributed by atoms with van der Waals surface area (Å²) < 4.78 is 25.2. The second-order valence-electron chi connectivity index (χ2n) is 2.10. The van der Waals surface area contributed by atoms with E-state index in [-0.39, 0.29) is 0 Å². The van der Waals surface area contributed by atoms with Crippen LogP contribution in [0.15, 0.2) is 18.2 Å². The number of hydrogen-bond donors (Lipinski definition) is 0. The molecule has 0 bridgehead atoms. The van der Waals surface area contributed by atoms with Gasteiger partial charge in [-0.3, -0.25) is 4.79 Å². The minimum Gasteiger partial charge on any atom is -0.279 e. The van der Waals surface area contributed by atoms with Crippen molar-refractivity contribution in [3.05, 3.63) is 35.4 Å². The molecule has 0 amide bonds. The van der Waals surface area contributed by atoms with E-state index >= 15 is 0 Å². The molecule has 12 heavy (non-hydrogen) atoms. The Morgan fingerprint density at radius 1 is 1.42 bits per heavy atom. The summed E-state index contributed by atoms with van der Waals surface area (Å²) in [5.74, 6) is -0.642. The molecule has 0 radical (unpaired) electrons. The Morgan fingerprint density at radius 3 is 2.67 bits per heavy atom. The molecule has 60 valence electrons. The third kappa shape index (κ3) is 1.48. The molecule has 0 N–H and O–H groups in total. The van der Waals surface area contributed by atoms with Crippen LogP contribution in [0.4, 0.5) is 8.78 Å². The first kappa shape index (κ1) is 8.41. The van der Waals surface area contributed by atoms with Gasteiger partial charge in [0.1, 0.15) is 11.6 Å². The zero-order valence-electron chi connectivity index (χ0n) is 5.97. The van der Waals surface area contributed by atoms with Crippen LogP contribution in [-0.4, -0.2) is 5.78 Å². The van der Waals surface area contributed by atoms with Crippen LogP contribution in [0, 0.1) is 24.0 Å². The lowest BCUT2D eigenvalue weighted by Crippen LogP contribution is -1.99. The molecule has 0 aliphatic heterocycles. The number of terminal acetylenes is 1. The molecule has 0 atom stereocenters. The van der Waals surface area contributed by atoms with Crippen molar-refractivity contribution in [3.8, 4) is 12.3 Å². The summed E-state index contributed by atoms with van der Waals surface area (Å²) in [6, 6.07) is 2.56. The number of rotatable bonds is 1. The van der Waals surface area contributed by atoms with Crippen LogP contribution in [0.25, 0.3) is 0 Å². The molecule has 0 unspecified atom stereocenters. The van der Waals surface area contributed by atoms with Crippen molar-refractivity contribution >= 4 is 5.78 Å². The zero-order valence-corrected chi connectivity index (χ0v) is 5.97. The number of ketones is 1. The van der Waals surface area contributed by atoms with Crippen LogP contribution in [0.5, 0.6) is 0 Å². The van der Waals surface area contributed by atoms with E-state index in [0.29, 0.717) is 0 Å². The van der Waals surface area contributed by atoms with Crippen molar-refractivity contribution in [1.29, 1.82) is 0 Å². The minimum atomic E-state index is -0.855. The predicted octanol–water partition coefficient (Wildman–Crippen LogP) is 1.78. The Bertz CT molecular complexity index is 363. The first-order valence-corrected chi connectivity index (χ1v) is 3.11. The Balaban J connectivity index is 3.25. The number of carbonyl (C=O) groups excluding carboxylic acids is 1. The summed E-state index contributed by atoms with van der Waals surface area (Å²) in [5.41, 5.74) is -0.405. The Labute approximate surface area is 68.0 Å². The fraction of sp³-hybridized carbons (Fsp3) is 0. The smallest absolute Gasteiger partial charge is 0.238 e. The van der Waals surface area contributed by atoms with Crippen molar-refractivity contribution < 1.29 is 13.6 Å². The normalized spacial score (nSPS) is 9.08. The quantitative estimate of drug-likeness (QED) is 0.353. The Kier molecular flexibility index (Phi) is 2.20. The van der Waals surface area contributed by atoms with Crippen molar-refractivity contribution in [2.24, 2.45) is 0 Å². The molecule has 0 fully saturated rings. The summed E-state index contributed by atoms with van der Waals surface area (Å²) >= 11 is 0. The summed E-state index contributed by atoms with van der Waals surface area (Å²) in [7, 11) is 0. The largest absolute Gasteiger partial charge is 0.279 e. The van der Waals surface area contributed by atoms with Crippen LogP contribution < -0.4 is 0 Å². The van der Waals surface area contributed by atoms with Gasteiger partial charge in [-0.05, 0) is 24.1 Å². The van der Waals surface area contributed by atoms with Gasteiger partial charge in [0.2, 0.25) is 5.78 Å². The van der Waals surface area contributed by atoms with E-state index in [0.717, 1.165) is 18.2 Å². The van der Waals surface area contributed by atoms with E-state index in [1.807, 2.05) is 0 Å². The van der Waals surface area contributed by atoms with E-state index in [9.17, 15) is 13.6 Å². The second-order valence-corrected chi connectivity index (χ2v) is 2.10. The van der Waals surface area contributed by atoms with Crippen LogP contribution in [0.3, 0.4) is 0 Å². The minimum absolute atomic E-state index is 0.405. The first-order chi connectivity index (χ1) is 5.65. The van der Waals surface area contributed by atoms with Gasteiger partial charge in [0.15, 0.2) is 0 Å². The van der Waals surface area contributed by atoms with Gasteiger partial charge in [-0.1, -0.05) is 0 Å². The molecule has 1 rings (SSSR count). The number of benzene rings is 1. The molecule has 0 spiro atoms. The molecule has 0 aliphatic rings. The molecule has 1 aromatic rings. The fourth-order valence-electron chi connectivity index (χ4n) is 0.749. The number of carbonyl (C=O) groups is 1. The topological polar surface area (TPSA) is 17.1 Å². The molecule has 1 nitrogen and oxygen atoms in total. The average Bonchev–Trinajstić information content (AvgIpc) is 2.08. The highest BCUT2D eigenvalue weighted by Crippen LogP contribution is 2.09. The van der Waals surface area contributed by atoms with E-state index in [1.54, 1.807) is 5.92 Å². The lowest BCUT2D eigenvalue weighted by atomic mass is 10.1. The highest BCUT2D eigenvalue weighted by Gasteiger charge is 2.09. The Morgan fingerprint density at radius 2 is 2.08 bits per heavy atom. The summed E-state index contributed by atoms with van der Waals surface area (Å²) in [6.07, 6.45) is 4.73. The van der Waals surface area contributed by atoms with Crippen molar-refractivity contribution in [2.45, 2.75) is 0 Å². The summed E-state index contributed by atoms with van der Waals surface area (Å²) in [4.78, 5) is 10.7. The van der Waals surface area contributed by atoms with E-state index < -0.39 is 23.0 Å². The van der Waals surface area contributed by atoms with Crippen molar-refractivity contribution in [2.75, 3.05) is 0 Å². The Hall–Kier alpha value is -1.69. The van der Waals surface area contributed by atoms with E-state index in [2.05, 4.69) is 0 Å². The number of Topliss-reactive ketones (excluding diaryl/α,β-unsaturated/α-hetero) is 1. The fourth-order valence-corrected chi connectivity index (χ4v) is 0.749. The summed E-state index contributed by atoms with van der Waals surface area (Å²) in [5, 5.41) is 0. The molecule has 0 aromatic heterocycles. The van der Waals surface area contributed by atoms with E-state index in [4.69, 9.17) is 6.42 Å². The molecule has 0 saturated carbocycles. The van der Waals surface area contributed by atoms with Gasteiger partial charge in [-0.2, -0.15) is 0 Å². The maximum Gasteiger partial charge on any atom is 0.238 e. The van der Waals surface area contributed by atoms with Gasteiger partial charge in [0.05, 0.1) is 5.56 Å². The second kappa shape index (κ2) is 3.14. The predicted molar refractivity (Wildman–Crippen MR) is 39.5 cm³/mol. The van der Waals surface area contributed by atoms with Crippen LogP contribution in [-0.2, 0) is 0 Å². The van der Waals surface area contributed by atoms with Gasteiger partial charge < -0.3 is 0 Å². The van der Waals surface area contributed by atoms with Crippen LogP contribution in [0.2, 0.25) is 0 Å². The lowest BCUT2D eigenvalue weighted by Gasteiger charge is -1.95. The van der Waals surface area contributed by atoms with Gasteiger partial charge in [0, 0.05) is 0 Å². The van der Waals surface area contributed by atoms with Gasteiger partial charge >= 0.3 is 0 Å². The maximum atomic E-state index is 12.7. The third-order valence-electron chi connectivity index (χ3n) is 1.30. The average molecular weight is 166 g/mol. The highest BCUT2D eigenvalue weighted by molar-refractivity contribution is 6.08. The van der Waals surface area contributed by atoms with Crippen molar-refractivity contribution in [1.82, 2.24) is 0 Å². The lowest BCUT2D eigenvalue weighted by molar-refractivity contribution is 0.105. The van der Waals surface area contributed by atoms with Gasteiger partial charge in [0.25, 0.3) is 0 Å². The zero-order chi connectivity index (χ0) is 9.14. The van der Waals surface area contributed by atoms with Gasteiger partial charge in [-0.15, -0.1) is 6.42 Å². The molecule has 0 heterocycles. The van der Waals surface area contributed by atoms with Crippen LogP contribution in [0.1, 0.15) is 10.4 Å². The third-order valence-corrected chi connectivity index (χ3v) is 1.30. The van der Waals surface area contributed by atoms with Crippen molar-refractivity contribution in [3.63, 3.8) is 0 Å². The molecule has 0 saturated heterocycles. The highest BCUT2D eigenvalue weighted by atomic mass is 19.1. The molecule has 0 aliphatic carbocycles. The first-order valence-electron chi connectivity index (χ1n) is 3.11. The number of halogens is 2. The van der Waals surface area contributed by atoms with Crippen LogP contribution >= 0.6 is 0 Å². The standard InChI is InChI=1S/C9H4F2O/c1-2-9(12)7-5-6(10)3-4-8(7)11/h1,3-5H. The monoisotopic (exact) mass is 166 g/mol. The molecule has 3 heteroatoms. The molecular formula is C9H4F2O.